The number of piperidine rings is 1. The van der Waals surface area contributed by atoms with Crippen LogP contribution in [-0.4, -0.2) is 67.6 Å². The third-order valence-electron chi connectivity index (χ3n) is 8.07. The van der Waals surface area contributed by atoms with Gasteiger partial charge in [0.1, 0.15) is 5.75 Å². The number of methoxy groups -OCH3 is 2. The molecule has 6 atom stereocenters. The van der Waals surface area contributed by atoms with Crippen molar-refractivity contribution >= 4 is 11.7 Å². The van der Waals surface area contributed by atoms with Gasteiger partial charge in [-0.05, 0) is 37.9 Å². The van der Waals surface area contributed by atoms with Crippen LogP contribution < -0.4 is 10.1 Å². The van der Waals surface area contributed by atoms with E-state index >= 15 is 0 Å². The van der Waals surface area contributed by atoms with Crippen LogP contribution in [0.5, 0.6) is 5.75 Å². The molecule has 5 aliphatic rings. The first-order valence-electron chi connectivity index (χ1n) is 10.3. The Hall–Kier alpha value is -2.09. The third-order valence-corrected chi connectivity index (χ3v) is 8.07. The topological polar surface area (TPSA) is 83.6 Å². The molecule has 2 N–H and O–H groups in total. The van der Waals surface area contributed by atoms with Gasteiger partial charge in [-0.3, -0.25) is 4.90 Å². The van der Waals surface area contributed by atoms with E-state index in [0.29, 0.717) is 12.0 Å². The number of ether oxygens (including phenoxy) is 3. The third kappa shape index (κ3) is 1.92. The van der Waals surface area contributed by atoms with Crippen LogP contribution in [0, 0.1) is 5.41 Å². The van der Waals surface area contributed by atoms with E-state index in [4.69, 9.17) is 14.2 Å². The molecule has 7 heteroatoms. The van der Waals surface area contributed by atoms with Crippen LogP contribution in [0.15, 0.2) is 29.5 Å². The molecule has 1 aromatic rings. The van der Waals surface area contributed by atoms with Crippen molar-refractivity contribution < 1.29 is 24.1 Å². The van der Waals surface area contributed by atoms with E-state index in [-0.39, 0.29) is 29.6 Å². The maximum absolute atomic E-state index is 12.9. The van der Waals surface area contributed by atoms with E-state index in [1.807, 2.05) is 19.1 Å². The first-order chi connectivity index (χ1) is 14.0. The molecule has 0 amide bonds. The monoisotopic (exact) mass is 398 g/mol. The number of benzene rings is 1. The molecule has 0 radical (unpaired) electrons. The SMILES string of the molecule is COC(=O)C1=C2Nc3cc(OC)ccc3[C@@]23CCN2C[C@H]4O[C@H]4[C@@]([C@H](C)O)(C1)[C@H]23. The highest BCUT2D eigenvalue weighted by molar-refractivity contribution is 5.93. The molecule has 1 spiro atoms. The van der Waals surface area contributed by atoms with Crippen molar-refractivity contribution in [1.82, 2.24) is 4.90 Å². The number of hydrogen-bond acceptors (Lipinski definition) is 7. The number of carbonyl (C=O) groups excluding carboxylic acids is 1. The van der Waals surface area contributed by atoms with Gasteiger partial charge in [0.15, 0.2) is 0 Å². The maximum Gasteiger partial charge on any atom is 0.335 e. The normalized spacial score (nSPS) is 39.7. The fourth-order valence-electron chi connectivity index (χ4n) is 6.95. The van der Waals surface area contributed by atoms with Crippen LogP contribution in [0.3, 0.4) is 0 Å². The van der Waals surface area contributed by atoms with Gasteiger partial charge in [0.2, 0.25) is 0 Å². The first-order valence-corrected chi connectivity index (χ1v) is 10.3. The average molecular weight is 398 g/mol. The molecule has 29 heavy (non-hydrogen) atoms. The Morgan fingerprint density at radius 1 is 1.41 bits per heavy atom. The van der Waals surface area contributed by atoms with Crippen LogP contribution in [0.2, 0.25) is 0 Å². The number of nitrogens with one attached hydrogen (secondary N) is 1. The quantitative estimate of drug-likeness (QED) is 0.588. The summed E-state index contributed by atoms with van der Waals surface area (Å²) < 4.78 is 16.7. The molecular formula is C22H26N2O5. The summed E-state index contributed by atoms with van der Waals surface area (Å²) >= 11 is 0. The average Bonchev–Trinajstić information content (AvgIpc) is 3.31. The first kappa shape index (κ1) is 17.7. The summed E-state index contributed by atoms with van der Waals surface area (Å²) in [5.74, 6) is 0.448. The zero-order chi connectivity index (χ0) is 20.1. The molecule has 0 bridgehead atoms. The van der Waals surface area contributed by atoms with Crippen molar-refractivity contribution in [2.45, 2.75) is 49.5 Å². The number of fused-ring (bicyclic) bond motifs is 3. The number of esters is 1. The molecule has 1 aliphatic carbocycles. The predicted molar refractivity (Wildman–Crippen MR) is 105 cm³/mol. The Balaban J connectivity index is 1.65. The van der Waals surface area contributed by atoms with Crippen LogP contribution in [0.25, 0.3) is 0 Å². The molecule has 6 rings (SSSR count). The van der Waals surface area contributed by atoms with Gasteiger partial charge in [-0.2, -0.15) is 0 Å². The molecular weight excluding hydrogens is 372 g/mol. The smallest absolute Gasteiger partial charge is 0.335 e. The number of rotatable bonds is 3. The van der Waals surface area contributed by atoms with Crippen molar-refractivity contribution in [3.05, 3.63) is 35.0 Å². The summed E-state index contributed by atoms with van der Waals surface area (Å²) in [7, 11) is 3.08. The molecule has 7 nitrogen and oxygen atoms in total. The lowest BCUT2D eigenvalue weighted by Crippen LogP contribution is -2.66. The summed E-state index contributed by atoms with van der Waals surface area (Å²) in [6.45, 7) is 3.65. The molecule has 3 fully saturated rings. The van der Waals surface area contributed by atoms with Crippen LogP contribution in [-0.2, 0) is 19.7 Å². The van der Waals surface area contributed by atoms with Gasteiger partial charge in [-0.25, -0.2) is 4.79 Å². The Kier molecular flexibility index (Phi) is 3.38. The summed E-state index contributed by atoms with van der Waals surface area (Å²) in [6.07, 6.45) is 0.856. The van der Waals surface area contributed by atoms with Crippen LogP contribution in [0.4, 0.5) is 5.69 Å². The van der Waals surface area contributed by atoms with Crippen molar-refractivity contribution in [3.8, 4) is 5.75 Å². The minimum atomic E-state index is -0.608. The van der Waals surface area contributed by atoms with Gasteiger partial charge in [-0.1, -0.05) is 6.07 Å². The van der Waals surface area contributed by atoms with Crippen molar-refractivity contribution in [2.24, 2.45) is 5.41 Å². The summed E-state index contributed by atoms with van der Waals surface area (Å²) in [4.78, 5) is 15.4. The largest absolute Gasteiger partial charge is 0.497 e. The lowest BCUT2D eigenvalue weighted by molar-refractivity contribution is -0.138. The number of nitrogens with zero attached hydrogens (tertiary/aromatic N) is 1. The molecule has 0 aromatic heterocycles. The van der Waals surface area contributed by atoms with Crippen molar-refractivity contribution in [1.29, 1.82) is 0 Å². The van der Waals surface area contributed by atoms with E-state index in [0.717, 1.165) is 36.6 Å². The summed E-state index contributed by atoms with van der Waals surface area (Å²) in [5.41, 5.74) is 2.81. The standard InChI is InChI=1S/C22H26N2O5/c1-11(25)22-9-13(19(26)28-3)17-21(14-5-4-12(27-2)8-15(14)23-17)6-7-24(20(21)22)10-16-18(22)29-16/h4-5,8,11,16,18,20,23,25H,6-7,9-10H2,1-3H3/t11-,16+,18+,20+,21-,22-/m0/s1. The van der Waals surface area contributed by atoms with Gasteiger partial charge in [-0.15, -0.1) is 0 Å². The summed E-state index contributed by atoms with van der Waals surface area (Å²) in [6, 6.07) is 6.17. The fourth-order valence-corrected chi connectivity index (χ4v) is 6.95. The molecule has 4 aliphatic heterocycles. The highest BCUT2D eigenvalue weighted by atomic mass is 16.6. The number of carbonyl (C=O) groups is 1. The van der Waals surface area contributed by atoms with Crippen LogP contribution in [0.1, 0.15) is 25.3 Å². The van der Waals surface area contributed by atoms with E-state index in [9.17, 15) is 9.90 Å². The number of epoxide rings is 1. The minimum Gasteiger partial charge on any atom is -0.497 e. The van der Waals surface area contributed by atoms with Gasteiger partial charge >= 0.3 is 5.97 Å². The number of aliphatic hydroxyl groups is 1. The molecule has 0 saturated carbocycles. The van der Waals surface area contributed by atoms with E-state index in [2.05, 4.69) is 16.3 Å². The Bertz CT molecular complexity index is 959. The Morgan fingerprint density at radius 3 is 2.97 bits per heavy atom. The van der Waals surface area contributed by atoms with Gasteiger partial charge in [0.05, 0.1) is 43.5 Å². The van der Waals surface area contributed by atoms with Crippen molar-refractivity contribution in [2.75, 3.05) is 32.6 Å². The van der Waals surface area contributed by atoms with E-state index < -0.39 is 11.5 Å². The van der Waals surface area contributed by atoms with Crippen molar-refractivity contribution in [3.63, 3.8) is 0 Å². The molecule has 154 valence electrons. The molecule has 0 unspecified atom stereocenters. The molecule has 4 heterocycles. The second-order valence-electron chi connectivity index (χ2n) is 9.06. The zero-order valence-corrected chi connectivity index (χ0v) is 16.9. The second kappa shape index (κ2) is 5.53. The molecule has 3 saturated heterocycles. The minimum absolute atomic E-state index is 0.0257. The second-order valence-corrected chi connectivity index (χ2v) is 9.06. The van der Waals surface area contributed by atoms with E-state index in [1.165, 1.54) is 12.7 Å². The van der Waals surface area contributed by atoms with E-state index in [1.54, 1.807) is 7.11 Å². The lowest BCUT2D eigenvalue weighted by Gasteiger charge is -2.55. The van der Waals surface area contributed by atoms with Gasteiger partial charge in [0.25, 0.3) is 0 Å². The highest BCUT2D eigenvalue weighted by Gasteiger charge is 2.75. The fraction of sp³-hybridized carbons (Fsp3) is 0.591. The predicted octanol–water partition coefficient (Wildman–Crippen LogP) is 1.41. The maximum atomic E-state index is 12.9. The Morgan fingerprint density at radius 2 is 2.24 bits per heavy atom. The van der Waals surface area contributed by atoms with Crippen LogP contribution >= 0.6 is 0 Å². The molecule has 1 aromatic carbocycles. The van der Waals surface area contributed by atoms with Gasteiger partial charge < -0.3 is 24.6 Å². The zero-order valence-electron chi connectivity index (χ0n) is 16.9. The lowest BCUT2D eigenvalue weighted by atomic mass is 9.52. The summed E-state index contributed by atoms with van der Waals surface area (Å²) in [5, 5.41) is 14.7. The number of hydrogen-bond donors (Lipinski definition) is 2. The number of anilines is 1. The Labute approximate surface area is 169 Å². The number of aliphatic hydroxyl groups excluding tert-OH is 1. The van der Waals surface area contributed by atoms with Gasteiger partial charge in [0, 0.05) is 35.5 Å². The highest BCUT2D eigenvalue weighted by Crippen LogP contribution is 2.68.